The van der Waals surface area contributed by atoms with Crippen LogP contribution in [0.5, 0.6) is 0 Å². The Kier molecular flexibility index (Phi) is 6.69. The lowest BCUT2D eigenvalue weighted by atomic mass is 9.57. The highest BCUT2D eigenvalue weighted by atomic mass is 127. The maximum atomic E-state index is 11.8. The van der Waals surface area contributed by atoms with Gasteiger partial charge in [0.2, 0.25) is 11.8 Å². The number of nitrogens with zero attached hydrogens (tertiary/aromatic N) is 2. The van der Waals surface area contributed by atoms with Crippen LogP contribution in [0.2, 0.25) is 0 Å². The lowest BCUT2D eigenvalue weighted by Crippen LogP contribution is -2.68. The first-order valence-corrected chi connectivity index (χ1v) is 8.87. The summed E-state index contributed by atoms with van der Waals surface area (Å²) in [7, 11) is 1.74. The van der Waals surface area contributed by atoms with Gasteiger partial charge in [0.05, 0.1) is 6.10 Å². The van der Waals surface area contributed by atoms with Gasteiger partial charge in [-0.25, -0.2) is 0 Å². The molecule has 0 radical (unpaired) electrons. The zero-order chi connectivity index (χ0) is 17.3. The van der Waals surface area contributed by atoms with Crippen LogP contribution < -0.4 is 10.6 Å². The average molecular weight is 464 g/mol. The number of piperidine rings is 1. The van der Waals surface area contributed by atoms with Gasteiger partial charge in [0.25, 0.3) is 0 Å². The van der Waals surface area contributed by atoms with Crippen LogP contribution in [0.1, 0.15) is 39.5 Å². The van der Waals surface area contributed by atoms with Gasteiger partial charge < -0.3 is 15.4 Å². The summed E-state index contributed by atoms with van der Waals surface area (Å²) in [6.07, 6.45) is 3.03. The minimum absolute atomic E-state index is 0. The summed E-state index contributed by atoms with van der Waals surface area (Å²) < 4.78 is 5.81. The molecule has 2 N–H and O–H groups in total. The standard InChI is InChI=1S/C17H28N4O3.HI/c1-17(2)14(11-7-10-24-15(11)17)20-16(18-3)19-8-9-21-12(22)5-4-6-13(21)23;/h11,14-15H,4-10H2,1-3H3,(H2,18,19,20);1H. The van der Waals surface area contributed by atoms with E-state index in [2.05, 4.69) is 29.5 Å². The molecular weight excluding hydrogens is 435 g/mol. The Labute approximate surface area is 166 Å². The van der Waals surface area contributed by atoms with E-state index in [-0.39, 0.29) is 41.2 Å². The van der Waals surface area contributed by atoms with Gasteiger partial charge in [-0.05, 0) is 12.8 Å². The zero-order valence-electron chi connectivity index (χ0n) is 15.2. The molecular formula is C17H29IN4O3. The summed E-state index contributed by atoms with van der Waals surface area (Å²) in [5.74, 6) is 1.11. The number of nitrogens with one attached hydrogen (secondary N) is 2. The fourth-order valence-corrected chi connectivity index (χ4v) is 4.29. The number of fused-ring (bicyclic) bond motifs is 1. The number of aliphatic imine (C=N–C) groups is 1. The molecule has 2 saturated heterocycles. The van der Waals surface area contributed by atoms with Gasteiger partial charge in [-0.1, -0.05) is 13.8 Å². The highest BCUT2D eigenvalue weighted by molar-refractivity contribution is 14.0. The van der Waals surface area contributed by atoms with E-state index in [0.29, 0.717) is 50.4 Å². The third-order valence-corrected chi connectivity index (χ3v) is 5.63. The third-order valence-electron chi connectivity index (χ3n) is 5.63. The van der Waals surface area contributed by atoms with Crippen LogP contribution in [0.3, 0.4) is 0 Å². The van der Waals surface area contributed by atoms with Crippen LogP contribution in [0, 0.1) is 11.3 Å². The molecule has 3 fully saturated rings. The van der Waals surface area contributed by atoms with E-state index >= 15 is 0 Å². The van der Waals surface area contributed by atoms with Crippen molar-refractivity contribution in [1.82, 2.24) is 15.5 Å². The first-order valence-electron chi connectivity index (χ1n) is 8.87. The molecule has 0 aromatic heterocycles. The summed E-state index contributed by atoms with van der Waals surface area (Å²) in [6.45, 7) is 6.17. The predicted molar refractivity (Wildman–Crippen MR) is 106 cm³/mol. The van der Waals surface area contributed by atoms with E-state index in [4.69, 9.17) is 4.74 Å². The summed E-state index contributed by atoms with van der Waals surface area (Å²) >= 11 is 0. The van der Waals surface area contributed by atoms with Gasteiger partial charge in [0.1, 0.15) is 0 Å². The van der Waals surface area contributed by atoms with Crippen molar-refractivity contribution in [2.45, 2.75) is 51.7 Å². The molecule has 3 atom stereocenters. The number of rotatable bonds is 4. The molecule has 3 aliphatic rings. The molecule has 25 heavy (non-hydrogen) atoms. The van der Waals surface area contributed by atoms with Gasteiger partial charge in [-0.2, -0.15) is 0 Å². The first kappa shape index (κ1) is 20.4. The molecule has 1 aliphatic carbocycles. The van der Waals surface area contributed by atoms with Crippen LogP contribution >= 0.6 is 24.0 Å². The number of guanidine groups is 1. The molecule has 7 nitrogen and oxygen atoms in total. The second-order valence-electron chi connectivity index (χ2n) is 7.48. The average Bonchev–Trinajstić information content (AvgIpc) is 3.00. The second kappa shape index (κ2) is 8.20. The summed E-state index contributed by atoms with van der Waals surface area (Å²) in [5, 5.41) is 6.72. The predicted octanol–water partition coefficient (Wildman–Crippen LogP) is 1.12. The largest absolute Gasteiger partial charge is 0.377 e. The molecule has 0 aromatic carbocycles. The molecule has 3 unspecified atom stereocenters. The Balaban J connectivity index is 0.00000225. The smallest absolute Gasteiger partial charge is 0.229 e. The molecule has 2 amide bonds. The van der Waals surface area contributed by atoms with Crippen LogP contribution in [-0.2, 0) is 14.3 Å². The Hall–Kier alpha value is -0.900. The van der Waals surface area contributed by atoms with Gasteiger partial charge in [0, 0.05) is 57.0 Å². The van der Waals surface area contributed by atoms with Gasteiger partial charge in [-0.3, -0.25) is 19.5 Å². The monoisotopic (exact) mass is 464 g/mol. The Morgan fingerprint density at radius 2 is 2.00 bits per heavy atom. The molecule has 2 heterocycles. The highest BCUT2D eigenvalue weighted by Crippen LogP contribution is 2.52. The summed E-state index contributed by atoms with van der Waals surface area (Å²) in [6, 6.07) is 0.328. The highest BCUT2D eigenvalue weighted by Gasteiger charge is 2.59. The first-order chi connectivity index (χ1) is 11.4. The number of halogens is 1. The van der Waals surface area contributed by atoms with Crippen molar-refractivity contribution in [2.24, 2.45) is 16.3 Å². The van der Waals surface area contributed by atoms with Crippen molar-refractivity contribution in [1.29, 1.82) is 0 Å². The fourth-order valence-electron chi connectivity index (χ4n) is 4.29. The van der Waals surface area contributed by atoms with Crippen LogP contribution in [-0.4, -0.2) is 61.6 Å². The van der Waals surface area contributed by atoms with Crippen LogP contribution in [0.25, 0.3) is 0 Å². The molecule has 0 aromatic rings. The minimum atomic E-state index is -0.0675. The Morgan fingerprint density at radius 1 is 1.32 bits per heavy atom. The van der Waals surface area contributed by atoms with Crippen molar-refractivity contribution in [2.75, 3.05) is 26.7 Å². The number of imide groups is 1. The quantitative estimate of drug-likeness (QED) is 0.282. The Morgan fingerprint density at radius 3 is 2.64 bits per heavy atom. The molecule has 8 heteroatoms. The second-order valence-corrected chi connectivity index (χ2v) is 7.48. The minimum Gasteiger partial charge on any atom is -0.377 e. The zero-order valence-corrected chi connectivity index (χ0v) is 17.5. The number of carbonyl (C=O) groups is 2. The molecule has 1 saturated carbocycles. The molecule has 2 aliphatic heterocycles. The fraction of sp³-hybridized carbons (Fsp3) is 0.824. The lowest BCUT2D eigenvalue weighted by Gasteiger charge is -2.54. The SMILES string of the molecule is CN=C(NCCN1C(=O)CCCC1=O)NC1C2CCOC2C1(C)C.I. The summed E-state index contributed by atoms with van der Waals surface area (Å²) in [4.78, 5) is 29.3. The van der Waals surface area contributed by atoms with Crippen molar-refractivity contribution in [3.63, 3.8) is 0 Å². The number of hydrogen-bond donors (Lipinski definition) is 2. The van der Waals surface area contributed by atoms with E-state index in [0.717, 1.165) is 19.0 Å². The lowest BCUT2D eigenvalue weighted by molar-refractivity contribution is -0.147. The molecule has 0 bridgehead atoms. The number of likely N-dealkylation sites (tertiary alicyclic amines) is 1. The maximum absolute atomic E-state index is 11.8. The number of carbonyl (C=O) groups excluding carboxylic acids is 2. The van der Waals surface area contributed by atoms with E-state index < -0.39 is 0 Å². The van der Waals surface area contributed by atoms with Gasteiger partial charge in [0.15, 0.2) is 5.96 Å². The van der Waals surface area contributed by atoms with Crippen LogP contribution in [0.15, 0.2) is 4.99 Å². The molecule has 142 valence electrons. The van der Waals surface area contributed by atoms with E-state index in [9.17, 15) is 9.59 Å². The Bertz CT molecular complexity index is 536. The van der Waals surface area contributed by atoms with Crippen LogP contribution in [0.4, 0.5) is 0 Å². The maximum Gasteiger partial charge on any atom is 0.229 e. The molecule has 0 spiro atoms. The van der Waals surface area contributed by atoms with E-state index in [1.807, 2.05) is 0 Å². The molecule has 3 rings (SSSR count). The number of hydrogen-bond acceptors (Lipinski definition) is 4. The number of amides is 2. The van der Waals surface area contributed by atoms with E-state index in [1.165, 1.54) is 4.90 Å². The van der Waals surface area contributed by atoms with Crippen molar-refractivity contribution in [3.05, 3.63) is 0 Å². The van der Waals surface area contributed by atoms with E-state index in [1.54, 1.807) is 7.05 Å². The number of ether oxygens (including phenoxy) is 1. The third kappa shape index (κ3) is 3.94. The van der Waals surface area contributed by atoms with Crippen molar-refractivity contribution >= 4 is 41.8 Å². The van der Waals surface area contributed by atoms with Gasteiger partial charge in [-0.15, -0.1) is 24.0 Å². The van der Waals surface area contributed by atoms with Crippen molar-refractivity contribution < 1.29 is 14.3 Å². The summed E-state index contributed by atoms with van der Waals surface area (Å²) in [5.41, 5.74) is 0.0809. The topological polar surface area (TPSA) is 83.0 Å². The van der Waals surface area contributed by atoms with Crippen molar-refractivity contribution in [3.8, 4) is 0 Å². The van der Waals surface area contributed by atoms with Gasteiger partial charge >= 0.3 is 0 Å². The normalized spacial score (nSPS) is 31.1.